The number of carbonyl (C=O) groups excluding carboxylic acids is 5. The molecule has 5 amide bonds. The van der Waals surface area contributed by atoms with Gasteiger partial charge in [0.1, 0.15) is 23.7 Å². The minimum absolute atomic E-state index is 0.0148. The molecule has 15 heteroatoms. The molecule has 340 valence electrons. The first-order chi connectivity index (χ1) is 28.8. The SMILES string of the molecule is C=C[C@@H]1C[C@]1(NC(=O)[C@@H]1C[C@@]2(CN1C(=O)[C@@H](NC(=O)[C@@H](NC(=O)[C@@H]1CCCN1C1CCCC1)C1CCCCC1)C(C)(C)C)C(C)(C)C21CCC1)C(=O)NS(=O)(=O)N1CCCC1. The van der Waals surface area contributed by atoms with Gasteiger partial charge in [0.2, 0.25) is 23.6 Å². The third-order valence-electron chi connectivity index (χ3n) is 17.6. The van der Waals surface area contributed by atoms with Gasteiger partial charge in [-0.1, -0.05) is 79.2 Å². The van der Waals surface area contributed by atoms with Gasteiger partial charge in [-0.3, -0.25) is 28.9 Å². The lowest BCUT2D eigenvalue weighted by Crippen LogP contribution is -2.63. The standard InChI is InChI=1S/C46H73N7O7S/c1-7-31-27-46(31,41(58)50-61(59,60)51-24-13-14-25-51)49-38(55)34-28-45(43(5,6)44(45)22-16-23-44)29-53(34)40(57)36(42(2,3)4)48-39(56)35(30-17-9-8-10-18-30)47-37(54)33-21-15-26-52(33)32-19-11-12-20-32/h7,30-36H,1,8-29H2,2-6H3,(H,47,54)(H,48,56)(H,49,55)(H,50,58)/t31-,33+,34+,35+,36-,45-,46-/m1/s1. The molecule has 5 aliphatic carbocycles. The molecule has 4 N–H and O–H groups in total. The Hall–Kier alpha value is -3.04. The summed E-state index contributed by atoms with van der Waals surface area (Å²) in [4.78, 5) is 77.0. The normalized spacial score (nSPS) is 33.5. The maximum absolute atomic E-state index is 15.3. The molecule has 3 heterocycles. The second-order valence-corrected chi connectivity index (χ2v) is 23.6. The van der Waals surface area contributed by atoms with Crippen LogP contribution < -0.4 is 20.7 Å². The van der Waals surface area contributed by atoms with E-state index in [4.69, 9.17) is 0 Å². The van der Waals surface area contributed by atoms with Crippen LogP contribution in [0, 0.1) is 33.5 Å². The van der Waals surface area contributed by atoms with Crippen LogP contribution in [0.3, 0.4) is 0 Å². The van der Waals surface area contributed by atoms with E-state index in [0.29, 0.717) is 44.9 Å². The summed E-state index contributed by atoms with van der Waals surface area (Å²) in [5, 5.41) is 9.40. The zero-order chi connectivity index (χ0) is 43.8. The van der Waals surface area contributed by atoms with Crippen LogP contribution in [-0.4, -0.2) is 114 Å². The first kappa shape index (κ1) is 44.6. The molecular formula is C46H73N7O7S. The van der Waals surface area contributed by atoms with Crippen molar-refractivity contribution < 1.29 is 32.4 Å². The molecule has 8 aliphatic rings. The summed E-state index contributed by atoms with van der Waals surface area (Å²) in [6, 6.07) is -2.61. The van der Waals surface area contributed by atoms with Gasteiger partial charge in [-0.15, -0.1) is 6.58 Å². The van der Waals surface area contributed by atoms with E-state index < -0.39 is 57.0 Å². The zero-order valence-corrected chi connectivity index (χ0v) is 38.3. The molecule has 61 heavy (non-hydrogen) atoms. The smallest absolute Gasteiger partial charge is 0.303 e. The van der Waals surface area contributed by atoms with Crippen molar-refractivity contribution in [3.05, 3.63) is 12.7 Å². The number of fused-ring (bicyclic) bond motifs is 1. The molecule has 0 aromatic carbocycles. The van der Waals surface area contributed by atoms with Gasteiger partial charge >= 0.3 is 10.2 Å². The van der Waals surface area contributed by atoms with Crippen LogP contribution in [0.1, 0.15) is 150 Å². The van der Waals surface area contributed by atoms with Crippen molar-refractivity contribution in [1.29, 1.82) is 0 Å². The number of amides is 5. The minimum Gasteiger partial charge on any atom is -0.343 e. The quantitative estimate of drug-likeness (QED) is 0.198. The number of nitrogens with zero attached hydrogens (tertiary/aromatic N) is 3. The molecule has 0 aromatic rings. The first-order valence-electron chi connectivity index (χ1n) is 23.8. The first-order valence-corrected chi connectivity index (χ1v) is 25.2. The van der Waals surface area contributed by atoms with E-state index in [1.165, 1.54) is 17.1 Å². The topological polar surface area (TPSA) is 177 Å². The van der Waals surface area contributed by atoms with Crippen LogP contribution in [0.2, 0.25) is 0 Å². The molecule has 0 unspecified atom stereocenters. The Labute approximate surface area is 364 Å². The number of hydrogen-bond acceptors (Lipinski definition) is 8. The molecule has 14 nitrogen and oxygen atoms in total. The van der Waals surface area contributed by atoms with Crippen molar-refractivity contribution >= 4 is 39.7 Å². The highest BCUT2D eigenvalue weighted by Crippen LogP contribution is 2.88. The Bertz CT molecular complexity index is 1880. The molecule has 0 aromatic heterocycles. The van der Waals surface area contributed by atoms with Gasteiger partial charge in [0, 0.05) is 37.0 Å². The average molecular weight is 868 g/mol. The van der Waals surface area contributed by atoms with Gasteiger partial charge in [-0.25, -0.2) is 4.72 Å². The maximum atomic E-state index is 15.3. The average Bonchev–Trinajstić information content (AvgIpc) is 3.75. The van der Waals surface area contributed by atoms with Crippen LogP contribution in [0.5, 0.6) is 0 Å². The van der Waals surface area contributed by atoms with Crippen LogP contribution in [0.4, 0.5) is 0 Å². The molecule has 3 saturated heterocycles. The fraction of sp³-hybridized carbons (Fsp3) is 0.848. The second-order valence-electron chi connectivity index (χ2n) is 21.9. The maximum Gasteiger partial charge on any atom is 0.303 e. The van der Waals surface area contributed by atoms with E-state index in [9.17, 15) is 27.6 Å². The van der Waals surface area contributed by atoms with E-state index in [1.807, 2.05) is 20.8 Å². The fourth-order valence-electron chi connectivity index (χ4n) is 13.5. The molecule has 3 aliphatic heterocycles. The number of carbonyl (C=O) groups is 5. The van der Waals surface area contributed by atoms with Crippen LogP contribution in [0.15, 0.2) is 12.7 Å². The van der Waals surface area contributed by atoms with Crippen molar-refractivity contribution in [1.82, 2.24) is 34.8 Å². The van der Waals surface area contributed by atoms with Gasteiger partial charge in [0.15, 0.2) is 0 Å². The highest BCUT2D eigenvalue weighted by molar-refractivity contribution is 7.87. The molecular weight excluding hydrogens is 795 g/mol. The summed E-state index contributed by atoms with van der Waals surface area (Å²) in [7, 11) is -4.11. The third kappa shape index (κ3) is 7.55. The van der Waals surface area contributed by atoms with E-state index in [2.05, 4.69) is 46.0 Å². The van der Waals surface area contributed by atoms with Crippen LogP contribution >= 0.6 is 0 Å². The van der Waals surface area contributed by atoms with Gasteiger partial charge in [0.05, 0.1) is 6.04 Å². The predicted molar refractivity (Wildman–Crippen MR) is 232 cm³/mol. The Morgan fingerprint density at radius 2 is 1.41 bits per heavy atom. The summed E-state index contributed by atoms with van der Waals surface area (Å²) in [5.41, 5.74) is -2.77. The van der Waals surface area contributed by atoms with E-state index >= 15 is 4.79 Å². The number of nitrogens with one attached hydrogen (secondary N) is 4. The lowest BCUT2D eigenvalue weighted by molar-refractivity contribution is -0.145. The Morgan fingerprint density at radius 3 is 1.98 bits per heavy atom. The Balaban J connectivity index is 1.05. The predicted octanol–water partition coefficient (Wildman–Crippen LogP) is 4.30. The lowest BCUT2D eigenvalue weighted by atomic mass is 9.73. The van der Waals surface area contributed by atoms with Crippen molar-refractivity contribution in [3.8, 4) is 0 Å². The molecule has 0 radical (unpaired) electrons. The summed E-state index contributed by atoms with van der Waals surface area (Å²) in [5.74, 6) is -2.67. The van der Waals surface area contributed by atoms with E-state index in [-0.39, 0.29) is 52.3 Å². The van der Waals surface area contributed by atoms with Crippen molar-refractivity contribution in [2.75, 3.05) is 26.2 Å². The molecule has 2 spiro atoms. The second kappa shape index (κ2) is 16.2. The largest absolute Gasteiger partial charge is 0.343 e. The van der Waals surface area contributed by atoms with Crippen LogP contribution in [-0.2, 0) is 34.2 Å². The van der Waals surface area contributed by atoms with Crippen LogP contribution in [0.25, 0.3) is 0 Å². The number of rotatable bonds is 13. The Morgan fingerprint density at radius 1 is 0.754 bits per heavy atom. The van der Waals surface area contributed by atoms with Gasteiger partial charge in [0.25, 0.3) is 5.91 Å². The summed E-state index contributed by atoms with van der Waals surface area (Å²) >= 11 is 0. The van der Waals surface area contributed by atoms with Gasteiger partial charge in [-0.05, 0) is 106 Å². The number of hydrogen-bond donors (Lipinski definition) is 4. The summed E-state index contributed by atoms with van der Waals surface area (Å²) in [6.07, 6.45) is 17.7. The van der Waals surface area contributed by atoms with Gasteiger partial charge in [-0.2, -0.15) is 12.7 Å². The molecule has 5 saturated carbocycles. The highest BCUT2D eigenvalue weighted by atomic mass is 32.2. The van der Waals surface area contributed by atoms with Crippen molar-refractivity contribution in [3.63, 3.8) is 0 Å². The zero-order valence-electron chi connectivity index (χ0n) is 37.5. The Kier molecular flexibility index (Phi) is 11.8. The monoisotopic (exact) mass is 868 g/mol. The molecule has 8 fully saturated rings. The molecule has 7 atom stereocenters. The van der Waals surface area contributed by atoms with E-state index in [1.54, 1.807) is 11.0 Å². The summed E-state index contributed by atoms with van der Waals surface area (Å²) in [6.45, 7) is 16.0. The van der Waals surface area contributed by atoms with Crippen molar-refractivity contribution in [2.45, 2.75) is 186 Å². The molecule has 8 rings (SSSR count). The fourth-order valence-corrected chi connectivity index (χ4v) is 14.8. The van der Waals surface area contributed by atoms with E-state index in [0.717, 1.165) is 83.6 Å². The number of likely N-dealkylation sites (tertiary alicyclic amines) is 2. The minimum atomic E-state index is -4.11. The lowest BCUT2D eigenvalue weighted by Gasteiger charge is -2.38. The highest BCUT2D eigenvalue weighted by Gasteiger charge is 2.85. The molecule has 0 bridgehead atoms. The van der Waals surface area contributed by atoms with Gasteiger partial charge < -0.3 is 20.9 Å². The summed E-state index contributed by atoms with van der Waals surface area (Å²) < 4.78 is 29.9. The third-order valence-corrected chi connectivity index (χ3v) is 19.1. The van der Waals surface area contributed by atoms with Crippen molar-refractivity contribution in [2.24, 2.45) is 33.5 Å².